The summed E-state index contributed by atoms with van der Waals surface area (Å²) in [5.74, 6) is 0.964. The molecule has 0 unspecified atom stereocenters. The van der Waals surface area contributed by atoms with Gasteiger partial charge >= 0.3 is 0 Å². The van der Waals surface area contributed by atoms with Gasteiger partial charge in [-0.25, -0.2) is 0 Å². The predicted octanol–water partition coefficient (Wildman–Crippen LogP) is 13.1. The summed E-state index contributed by atoms with van der Waals surface area (Å²) in [5, 5.41) is 3.77. The van der Waals surface area contributed by atoms with Crippen LogP contribution in [0.25, 0.3) is 77.2 Å². The van der Waals surface area contributed by atoms with Gasteiger partial charge in [0.2, 0.25) is 0 Å². The number of ether oxygens (including phenoxy) is 1. The van der Waals surface area contributed by atoms with Gasteiger partial charge in [0.25, 0.3) is 0 Å². The fraction of sp³-hybridized carbons (Fsp3) is 0.0638. The second-order valence-electron chi connectivity index (χ2n) is 13.0. The maximum Gasteiger partial charge on any atom is 0.135 e. The van der Waals surface area contributed by atoms with E-state index in [-0.39, 0.29) is 58.4 Å². The predicted molar refractivity (Wildman–Crippen MR) is 201 cm³/mol. The highest BCUT2D eigenvalue weighted by molar-refractivity contribution is 6.10. The van der Waals surface area contributed by atoms with E-state index in [9.17, 15) is 5.48 Å². The highest BCUT2D eigenvalue weighted by atomic mass is 16.5. The Kier molecular flexibility index (Phi) is 4.11. The van der Waals surface area contributed by atoms with Gasteiger partial charge in [-0.2, -0.15) is 0 Å². The van der Waals surface area contributed by atoms with E-state index >= 15 is 0 Å². The zero-order chi connectivity index (χ0) is 39.8. The second kappa shape index (κ2) is 10.0. The molecule has 1 heteroatoms. The van der Waals surface area contributed by atoms with Crippen molar-refractivity contribution in [3.8, 4) is 67.1 Å². The Morgan fingerprint density at radius 2 is 1.12 bits per heavy atom. The van der Waals surface area contributed by atoms with Crippen LogP contribution in [0.4, 0.5) is 0 Å². The zero-order valence-corrected chi connectivity index (χ0v) is 26.2. The minimum atomic E-state index is -0.455. The van der Waals surface area contributed by atoms with Gasteiger partial charge < -0.3 is 4.74 Å². The maximum absolute atomic E-state index is 9.33. The lowest BCUT2D eigenvalue weighted by molar-refractivity contribution is 0.487. The average molecular weight is 622 g/mol. The van der Waals surface area contributed by atoms with Gasteiger partial charge in [0.1, 0.15) is 11.5 Å². The largest absolute Gasteiger partial charge is 0.456 e. The molecule has 48 heavy (non-hydrogen) atoms. The van der Waals surface area contributed by atoms with Crippen LogP contribution in [-0.4, -0.2) is 0 Å². The number of hydrogen-bond acceptors (Lipinski definition) is 1. The molecule has 0 amide bonds. The Bertz CT molecular complexity index is 3070. The molecule has 0 fully saturated rings. The monoisotopic (exact) mass is 621 g/mol. The number of benzene rings is 8. The van der Waals surface area contributed by atoms with E-state index in [2.05, 4.69) is 38.1 Å². The molecule has 1 heterocycles. The minimum absolute atomic E-state index is 0.0842. The van der Waals surface area contributed by atoms with Crippen molar-refractivity contribution < 1.29 is 17.1 Å². The lowest BCUT2D eigenvalue weighted by Crippen LogP contribution is -2.15. The van der Waals surface area contributed by atoms with Crippen LogP contribution in [0.3, 0.4) is 0 Å². The van der Waals surface area contributed by atoms with Crippen LogP contribution in [0.5, 0.6) is 11.5 Å². The quantitative estimate of drug-likeness (QED) is 0.191. The Balaban J connectivity index is 1.08. The van der Waals surface area contributed by atoms with Gasteiger partial charge in [0.05, 0.1) is 12.3 Å². The van der Waals surface area contributed by atoms with Crippen LogP contribution >= 0.6 is 0 Å². The van der Waals surface area contributed by atoms with Gasteiger partial charge in [0, 0.05) is 16.4 Å². The van der Waals surface area contributed by atoms with E-state index in [1.807, 2.05) is 48.5 Å². The molecule has 1 aliphatic heterocycles. The standard InChI is InChI=1S/C47H32O/c1-47(2)42-27-34(19-21-37(42)41-25-32-11-6-7-12-33(32)26-43(41)47)30-15-17-31(18-16-30)36-23-24-44-46-39(36)13-8-14-40(46)38-22-20-35(28-45(38)48-44)29-9-4-3-5-10-29/h3-28H,1-2H3/i3D,4D,5D,9D,10D,15D,16D,17D,18D. The highest BCUT2D eigenvalue weighted by Crippen LogP contribution is 2.52. The molecule has 1 aliphatic carbocycles. The lowest BCUT2D eigenvalue weighted by atomic mass is 9.81. The van der Waals surface area contributed by atoms with Crippen molar-refractivity contribution in [1.29, 1.82) is 0 Å². The van der Waals surface area contributed by atoms with Gasteiger partial charge in [-0.3, -0.25) is 0 Å². The van der Waals surface area contributed by atoms with Crippen LogP contribution in [0.15, 0.2) is 158 Å². The van der Waals surface area contributed by atoms with Crippen molar-refractivity contribution in [2.45, 2.75) is 19.3 Å². The summed E-state index contributed by atoms with van der Waals surface area (Å²) in [6, 6.07) is 30.8. The van der Waals surface area contributed by atoms with Crippen LogP contribution in [-0.2, 0) is 5.41 Å². The van der Waals surface area contributed by atoms with Crippen LogP contribution in [0, 0.1) is 0 Å². The Hall–Kier alpha value is -5.92. The summed E-state index contributed by atoms with van der Waals surface area (Å²) >= 11 is 0. The van der Waals surface area contributed by atoms with E-state index in [4.69, 9.17) is 11.6 Å². The van der Waals surface area contributed by atoms with Crippen LogP contribution < -0.4 is 4.74 Å². The molecule has 0 N–H and O–H groups in total. The molecular weight excluding hydrogens is 581 g/mol. The number of hydrogen-bond donors (Lipinski definition) is 0. The molecule has 0 saturated heterocycles. The van der Waals surface area contributed by atoms with Crippen molar-refractivity contribution in [3.05, 3.63) is 169 Å². The van der Waals surface area contributed by atoms with Gasteiger partial charge in [0.15, 0.2) is 0 Å². The summed E-state index contributed by atoms with van der Waals surface area (Å²) in [7, 11) is 0. The first-order valence-electron chi connectivity index (χ1n) is 20.5. The Labute approximate surface area is 293 Å². The molecule has 226 valence electrons. The third-order valence-electron chi connectivity index (χ3n) is 10.0. The number of fused-ring (bicyclic) bond motifs is 6. The molecule has 0 bridgehead atoms. The lowest BCUT2D eigenvalue weighted by Gasteiger charge is -2.23. The normalized spacial score (nSPS) is 16.2. The zero-order valence-electron chi connectivity index (χ0n) is 35.2. The van der Waals surface area contributed by atoms with E-state index in [1.165, 1.54) is 16.5 Å². The summed E-state index contributed by atoms with van der Waals surface area (Å²) in [5.41, 5.74) is 7.90. The highest BCUT2D eigenvalue weighted by Gasteiger charge is 2.36. The molecule has 0 atom stereocenters. The third kappa shape index (κ3) is 3.98. The Morgan fingerprint density at radius 3 is 1.94 bits per heavy atom. The SMILES string of the molecule is [2H]c1c([2H])c([2H])c(-c2ccc3c(c2)Oc2ccc(-c4c([2H])c([2H])c(-c5ccc6c(c5)C(C)(C)c5cc7ccccc7cc5-6)c([2H])c4[2H])c4cccc-3c24)c([2H])c1[2H]. The molecule has 0 spiro atoms. The van der Waals surface area contributed by atoms with Crippen molar-refractivity contribution in [2.24, 2.45) is 0 Å². The second-order valence-corrected chi connectivity index (χ2v) is 13.0. The molecule has 2 aliphatic rings. The Morgan fingerprint density at radius 1 is 0.458 bits per heavy atom. The molecule has 10 rings (SSSR count). The van der Waals surface area contributed by atoms with Crippen LogP contribution in [0.2, 0.25) is 0 Å². The minimum Gasteiger partial charge on any atom is -0.456 e. The molecule has 0 radical (unpaired) electrons. The first-order valence-corrected chi connectivity index (χ1v) is 16.0. The van der Waals surface area contributed by atoms with Crippen molar-refractivity contribution in [1.82, 2.24) is 0 Å². The summed E-state index contributed by atoms with van der Waals surface area (Å²) < 4.78 is 84.9. The fourth-order valence-corrected chi connectivity index (χ4v) is 7.57. The van der Waals surface area contributed by atoms with Crippen LogP contribution in [0.1, 0.15) is 37.3 Å². The first kappa shape index (κ1) is 19.7. The molecule has 1 nitrogen and oxygen atoms in total. The van der Waals surface area contributed by atoms with E-state index in [0.717, 1.165) is 33.0 Å². The molecule has 0 aromatic heterocycles. The fourth-order valence-electron chi connectivity index (χ4n) is 7.57. The summed E-state index contributed by atoms with van der Waals surface area (Å²) in [6.07, 6.45) is 0. The van der Waals surface area contributed by atoms with Gasteiger partial charge in [-0.05, 0) is 114 Å². The topological polar surface area (TPSA) is 9.23 Å². The van der Waals surface area contributed by atoms with Crippen molar-refractivity contribution in [2.75, 3.05) is 0 Å². The maximum atomic E-state index is 9.33. The van der Waals surface area contributed by atoms with Gasteiger partial charge in [-0.1, -0.05) is 135 Å². The molecule has 8 aromatic rings. The summed E-state index contributed by atoms with van der Waals surface area (Å²) in [6.45, 7) is 4.38. The molecular formula is C47H32O. The van der Waals surface area contributed by atoms with E-state index in [1.54, 1.807) is 30.3 Å². The van der Waals surface area contributed by atoms with E-state index in [0.29, 0.717) is 33.6 Å². The molecule has 0 saturated carbocycles. The van der Waals surface area contributed by atoms with Gasteiger partial charge in [-0.15, -0.1) is 0 Å². The summed E-state index contributed by atoms with van der Waals surface area (Å²) in [4.78, 5) is 0. The van der Waals surface area contributed by atoms with Crippen molar-refractivity contribution in [3.63, 3.8) is 0 Å². The smallest absolute Gasteiger partial charge is 0.135 e. The average Bonchev–Trinajstić information content (AvgIpc) is 3.43. The molecule has 8 aromatic carbocycles. The number of rotatable bonds is 3. The van der Waals surface area contributed by atoms with Crippen molar-refractivity contribution >= 4 is 21.5 Å². The van der Waals surface area contributed by atoms with E-state index < -0.39 is 18.1 Å². The first-order chi connectivity index (χ1) is 27.3. The third-order valence-corrected chi connectivity index (χ3v) is 10.0.